The van der Waals surface area contributed by atoms with Gasteiger partial charge in [0.2, 0.25) is 12.7 Å². The molecule has 15 heavy (non-hydrogen) atoms. The summed E-state index contributed by atoms with van der Waals surface area (Å²) in [7, 11) is 0. The maximum atomic E-state index is 12.1. The molecule has 2 rings (SSSR count). The van der Waals surface area contributed by atoms with Crippen molar-refractivity contribution in [3.8, 4) is 11.6 Å². The maximum Gasteiger partial charge on any atom is 0.230 e. The summed E-state index contributed by atoms with van der Waals surface area (Å²) in [5.41, 5.74) is 1.65. The summed E-state index contributed by atoms with van der Waals surface area (Å²) >= 11 is 0. The molecule has 78 valence electrons. The number of halogens is 1. The van der Waals surface area contributed by atoms with Gasteiger partial charge in [0, 0.05) is 6.07 Å². The van der Waals surface area contributed by atoms with E-state index in [2.05, 4.69) is 5.10 Å². The summed E-state index contributed by atoms with van der Waals surface area (Å²) in [6, 6.07) is 11.2. The number of benzene rings is 1. The molecule has 1 heterocycles. The molecule has 0 unspecified atom stereocenters. The molecule has 0 N–H and O–H groups in total. The van der Waals surface area contributed by atoms with E-state index >= 15 is 0 Å². The lowest BCUT2D eigenvalue weighted by atomic mass is 10.3. The van der Waals surface area contributed by atoms with E-state index in [4.69, 9.17) is 4.74 Å². The van der Waals surface area contributed by atoms with Crippen LogP contribution in [-0.2, 0) is 0 Å². The number of ether oxygens (including phenoxy) is 1. The van der Waals surface area contributed by atoms with Gasteiger partial charge >= 0.3 is 0 Å². The highest BCUT2D eigenvalue weighted by atomic mass is 19.1. The smallest absolute Gasteiger partial charge is 0.230 e. The van der Waals surface area contributed by atoms with Gasteiger partial charge in [0.05, 0.1) is 11.4 Å². The summed E-state index contributed by atoms with van der Waals surface area (Å²) in [6.07, 6.45) is 0. The first-order valence-corrected chi connectivity index (χ1v) is 4.62. The summed E-state index contributed by atoms with van der Waals surface area (Å²) < 4.78 is 18.5. The maximum absolute atomic E-state index is 12.1. The Hall–Kier alpha value is -1.84. The molecule has 1 aromatic carbocycles. The minimum Gasteiger partial charge on any atom is -0.446 e. The summed E-state index contributed by atoms with van der Waals surface area (Å²) in [5.74, 6) is 0.418. The summed E-state index contributed by atoms with van der Waals surface area (Å²) in [5, 5.41) is 4.22. The molecule has 0 saturated carbocycles. The van der Waals surface area contributed by atoms with Crippen molar-refractivity contribution in [2.75, 3.05) is 6.86 Å². The summed E-state index contributed by atoms with van der Waals surface area (Å²) in [6.45, 7) is 0.989. The molecule has 3 nitrogen and oxygen atoms in total. The molecule has 0 spiro atoms. The number of hydrogen-bond acceptors (Lipinski definition) is 2. The van der Waals surface area contributed by atoms with Gasteiger partial charge < -0.3 is 4.74 Å². The van der Waals surface area contributed by atoms with Crippen molar-refractivity contribution in [1.29, 1.82) is 0 Å². The number of nitrogens with zero attached hydrogens (tertiary/aromatic N) is 2. The van der Waals surface area contributed by atoms with Crippen LogP contribution in [0.5, 0.6) is 5.88 Å². The Morgan fingerprint density at radius 2 is 2.07 bits per heavy atom. The monoisotopic (exact) mass is 206 g/mol. The van der Waals surface area contributed by atoms with Crippen LogP contribution in [0, 0.1) is 6.92 Å². The number of alkyl halides is 1. The number of para-hydroxylation sites is 1. The second-order valence-electron chi connectivity index (χ2n) is 3.12. The molecule has 0 aliphatic carbocycles. The van der Waals surface area contributed by atoms with Crippen molar-refractivity contribution in [3.63, 3.8) is 0 Å². The van der Waals surface area contributed by atoms with Crippen LogP contribution in [0.25, 0.3) is 5.69 Å². The van der Waals surface area contributed by atoms with Crippen LogP contribution >= 0.6 is 0 Å². The highest BCUT2D eigenvalue weighted by molar-refractivity contribution is 5.35. The molecular formula is C11H11FN2O. The van der Waals surface area contributed by atoms with E-state index in [1.807, 2.05) is 37.3 Å². The SMILES string of the molecule is Cc1cc(OCF)n(-c2ccccc2)n1. The number of aryl methyl sites for hydroxylation is 1. The van der Waals surface area contributed by atoms with Gasteiger partial charge in [-0.15, -0.1) is 0 Å². The van der Waals surface area contributed by atoms with E-state index in [0.29, 0.717) is 5.88 Å². The van der Waals surface area contributed by atoms with Crippen LogP contribution in [-0.4, -0.2) is 16.6 Å². The standard InChI is InChI=1S/C11H11FN2O/c1-9-7-11(15-8-12)14(13-9)10-5-3-2-4-6-10/h2-7H,8H2,1H3. The average Bonchev–Trinajstić information content (AvgIpc) is 2.62. The third-order valence-corrected chi connectivity index (χ3v) is 2.00. The molecule has 4 heteroatoms. The van der Waals surface area contributed by atoms with Crippen LogP contribution in [0.2, 0.25) is 0 Å². The third-order valence-electron chi connectivity index (χ3n) is 2.00. The van der Waals surface area contributed by atoms with E-state index in [-0.39, 0.29) is 0 Å². The zero-order valence-electron chi connectivity index (χ0n) is 8.35. The van der Waals surface area contributed by atoms with Crippen molar-refractivity contribution >= 4 is 0 Å². The molecule has 0 atom stereocenters. The number of aromatic nitrogens is 2. The van der Waals surface area contributed by atoms with Gasteiger partial charge in [-0.25, -0.2) is 9.07 Å². The Balaban J connectivity index is 2.43. The van der Waals surface area contributed by atoms with Crippen molar-refractivity contribution < 1.29 is 9.13 Å². The second-order valence-corrected chi connectivity index (χ2v) is 3.12. The zero-order chi connectivity index (χ0) is 10.7. The Bertz CT molecular complexity index is 439. The van der Waals surface area contributed by atoms with Gasteiger partial charge in [-0.2, -0.15) is 5.10 Å². The summed E-state index contributed by atoms with van der Waals surface area (Å²) in [4.78, 5) is 0. The van der Waals surface area contributed by atoms with Crippen LogP contribution in [0.1, 0.15) is 5.69 Å². The van der Waals surface area contributed by atoms with E-state index in [0.717, 1.165) is 11.4 Å². The van der Waals surface area contributed by atoms with Gasteiger partial charge in [-0.3, -0.25) is 0 Å². The zero-order valence-corrected chi connectivity index (χ0v) is 8.35. The Morgan fingerprint density at radius 1 is 1.33 bits per heavy atom. The first kappa shape index (κ1) is 9.71. The molecule has 0 saturated heterocycles. The largest absolute Gasteiger partial charge is 0.446 e. The Kier molecular flexibility index (Phi) is 2.67. The fourth-order valence-electron chi connectivity index (χ4n) is 1.39. The van der Waals surface area contributed by atoms with Crippen LogP contribution in [0.4, 0.5) is 4.39 Å². The predicted molar refractivity (Wildman–Crippen MR) is 54.9 cm³/mol. The first-order chi connectivity index (χ1) is 7.31. The normalized spacial score (nSPS) is 10.3. The van der Waals surface area contributed by atoms with Gasteiger partial charge in [-0.1, -0.05) is 18.2 Å². The van der Waals surface area contributed by atoms with Gasteiger partial charge in [0.25, 0.3) is 0 Å². The average molecular weight is 206 g/mol. The van der Waals surface area contributed by atoms with Crippen molar-refractivity contribution in [3.05, 3.63) is 42.1 Å². The van der Waals surface area contributed by atoms with Crippen molar-refractivity contribution in [1.82, 2.24) is 9.78 Å². The first-order valence-electron chi connectivity index (χ1n) is 4.62. The molecule has 0 bridgehead atoms. The van der Waals surface area contributed by atoms with E-state index in [1.54, 1.807) is 10.7 Å². The molecule has 1 aromatic heterocycles. The molecule has 0 amide bonds. The Morgan fingerprint density at radius 3 is 2.73 bits per heavy atom. The minimum atomic E-state index is -0.849. The number of hydrogen-bond donors (Lipinski definition) is 0. The fraction of sp³-hybridized carbons (Fsp3) is 0.182. The lowest BCUT2D eigenvalue weighted by Crippen LogP contribution is -2.01. The van der Waals surface area contributed by atoms with Gasteiger partial charge in [0.1, 0.15) is 0 Å². The molecule has 0 radical (unpaired) electrons. The molecule has 0 aliphatic heterocycles. The van der Waals surface area contributed by atoms with Crippen LogP contribution < -0.4 is 4.74 Å². The molecule has 0 aliphatic rings. The predicted octanol–water partition coefficient (Wildman–Crippen LogP) is 2.49. The lowest BCUT2D eigenvalue weighted by molar-refractivity contribution is 0.180. The molecule has 2 aromatic rings. The fourth-order valence-corrected chi connectivity index (χ4v) is 1.39. The van der Waals surface area contributed by atoms with E-state index < -0.39 is 6.86 Å². The third kappa shape index (κ3) is 1.98. The minimum absolute atomic E-state index is 0.418. The van der Waals surface area contributed by atoms with E-state index in [1.165, 1.54) is 0 Å². The number of rotatable bonds is 3. The quantitative estimate of drug-likeness (QED) is 0.771. The van der Waals surface area contributed by atoms with Crippen LogP contribution in [0.15, 0.2) is 36.4 Å². The highest BCUT2D eigenvalue weighted by Gasteiger charge is 2.07. The van der Waals surface area contributed by atoms with Gasteiger partial charge in [0.15, 0.2) is 0 Å². The Labute approximate surface area is 87.1 Å². The van der Waals surface area contributed by atoms with Crippen molar-refractivity contribution in [2.45, 2.75) is 6.92 Å². The second kappa shape index (κ2) is 4.13. The van der Waals surface area contributed by atoms with Crippen molar-refractivity contribution in [2.24, 2.45) is 0 Å². The molecule has 0 fully saturated rings. The van der Waals surface area contributed by atoms with Gasteiger partial charge in [-0.05, 0) is 19.1 Å². The topological polar surface area (TPSA) is 27.1 Å². The van der Waals surface area contributed by atoms with Crippen LogP contribution in [0.3, 0.4) is 0 Å². The molecular weight excluding hydrogens is 195 g/mol. The lowest BCUT2D eigenvalue weighted by Gasteiger charge is -2.05. The highest BCUT2D eigenvalue weighted by Crippen LogP contribution is 2.18. The van der Waals surface area contributed by atoms with E-state index in [9.17, 15) is 4.39 Å².